The van der Waals surface area contributed by atoms with Crippen molar-refractivity contribution >= 4 is 5.91 Å². The van der Waals surface area contributed by atoms with Crippen LogP contribution in [-0.4, -0.2) is 57.3 Å². The Labute approximate surface area is 361 Å². The van der Waals surface area contributed by atoms with Gasteiger partial charge in [-0.3, -0.25) is 4.79 Å². The second-order valence-corrected chi connectivity index (χ2v) is 17.9. The molecule has 6 nitrogen and oxygen atoms in total. The number of aliphatic hydroxyl groups excluding tert-OH is 4. The van der Waals surface area contributed by atoms with Crippen LogP contribution in [0.15, 0.2) is 24.3 Å². The molecular weight excluding hydrogens is 719 g/mol. The molecule has 1 amide bonds. The third-order valence-electron chi connectivity index (χ3n) is 12.2. The number of allylic oxidation sites excluding steroid dienone is 4. The largest absolute Gasteiger partial charge is 0.394 e. The highest BCUT2D eigenvalue weighted by Gasteiger charge is 2.28. The Balaban J connectivity index is 3.59. The van der Waals surface area contributed by atoms with Gasteiger partial charge in [-0.2, -0.15) is 0 Å². The zero-order chi connectivity index (χ0) is 42.4. The minimum Gasteiger partial charge on any atom is -0.394 e. The summed E-state index contributed by atoms with van der Waals surface area (Å²) in [6.45, 7) is 4.06. The van der Waals surface area contributed by atoms with Crippen molar-refractivity contribution in [3.8, 4) is 0 Å². The zero-order valence-corrected chi connectivity index (χ0v) is 38.8. The number of aliphatic hydroxyl groups is 4. The molecule has 0 aromatic heterocycles. The van der Waals surface area contributed by atoms with E-state index in [9.17, 15) is 25.2 Å². The zero-order valence-electron chi connectivity index (χ0n) is 38.8. The van der Waals surface area contributed by atoms with Crippen LogP contribution in [0.2, 0.25) is 0 Å². The number of rotatable bonds is 47. The van der Waals surface area contributed by atoms with Crippen LogP contribution >= 0.6 is 0 Å². The fraction of sp³-hybridized carbons (Fsp3) is 0.904. The lowest BCUT2D eigenvalue weighted by Gasteiger charge is -2.27. The first-order chi connectivity index (χ1) is 28.5. The summed E-state index contributed by atoms with van der Waals surface area (Å²) in [4.78, 5) is 12.5. The van der Waals surface area contributed by atoms with Crippen molar-refractivity contribution in [1.29, 1.82) is 0 Å². The molecule has 4 atom stereocenters. The van der Waals surface area contributed by atoms with Crippen LogP contribution in [0.25, 0.3) is 0 Å². The normalized spacial score (nSPS) is 14.1. The van der Waals surface area contributed by atoms with E-state index in [-0.39, 0.29) is 0 Å². The SMILES string of the molecule is CCCCCCCCCCC/C=C\C/C=C\CCCCCCCCCCCCCCCCC(O)C(=O)NC(CO)C(O)C(O)CCCCCCCCCCCCCC. The summed E-state index contributed by atoms with van der Waals surface area (Å²) >= 11 is 0. The van der Waals surface area contributed by atoms with Crippen molar-refractivity contribution in [2.24, 2.45) is 0 Å². The third-order valence-corrected chi connectivity index (χ3v) is 12.2. The lowest BCUT2D eigenvalue weighted by Crippen LogP contribution is -2.53. The Kier molecular flexibility index (Phi) is 45.9. The first kappa shape index (κ1) is 56.8. The van der Waals surface area contributed by atoms with E-state index in [4.69, 9.17) is 0 Å². The van der Waals surface area contributed by atoms with E-state index in [1.54, 1.807) is 0 Å². The van der Waals surface area contributed by atoms with E-state index >= 15 is 0 Å². The van der Waals surface area contributed by atoms with Gasteiger partial charge in [0.1, 0.15) is 12.2 Å². The number of unbranched alkanes of at least 4 members (excludes halogenated alkanes) is 34. The van der Waals surface area contributed by atoms with Gasteiger partial charge in [0.25, 0.3) is 0 Å². The molecule has 0 aliphatic heterocycles. The quantitative estimate of drug-likeness (QED) is 0.0310. The predicted molar refractivity (Wildman–Crippen MR) is 251 cm³/mol. The maximum atomic E-state index is 12.5. The second kappa shape index (κ2) is 46.8. The van der Waals surface area contributed by atoms with Gasteiger partial charge in [0.2, 0.25) is 5.91 Å². The summed E-state index contributed by atoms with van der Waals surface area (Å²) < 4.78 is 0. The fourth-order valence-corrected chi connectivity index (χ4v) is 8.08. The van der Waals surface area contributed by atoms with Crippen LogP contribution in [-0.2, 0) is 4.79 Å². The average Bonchev–Trinajstić information content (AvgIpc) is 3.23. The smallest absolute Gasteiger partial charge is 0.249 e. The van der Waals surface area contributed by atoms with E-state index in [0.717, 1.165) is 44.9 Å². The molecule has 0 heterocycles. The van der Waals surface area contributed by atoms with Crippen molar-refractivity contribution in [3.05, 3.63) is 24.3 Å². The number of carbonyl (C=O) groups excluding carboxylic acids is 1. The molecule has 0 saturated carbocycles. The highest BCUT2D eigenvalue weighted by molar-refractivity contribution is 5.80. The molecule has 0 saturated heterocycles. The molecule has 0 spiro atoms. The summed E-state index contributed by atoms with van der Waals surface area (Å²) in [6.07, 6.45) is 55.2. The van der Waals surface area contributed by atoms with E-state index in [2.05, 4.69) is 43.5 Å². The summed E-state index contributed by atoms with van der Waals surface area (Å²) in [6, 6.07) is -0.983. The van der Waals surface area contributed by atoms with Crippen molar-refractivity contribution < 1.29 is 25.2 Å². The molecule has 0 aromatic rings. The van der Waals surface area contributed by atoms with E-state index < -0.39 is 36.9 Å². The van der Waals surface area contributed by atoms with Crippen LogP contribution < -0.4 is 5.32 Å². The molecule has 0 aliphatic rings. The first-order valence-corrected chi connectivity index (χ1v) is 25.7. The monoisotopic (exact) mass is 820 g/mol. The van der Waals surface area contributed by atoms with Gasteiger partial charge in [0.05, 0.1) is 18.8 Å². The molecule has 0 bridgehead atoms. The Morgan fingerprint density at radius 3 is 1.09 bits per heavy atom. The Morgan fingerprint density at radius 2 is 0.741 bits per heavy atom. The van der Waals surface area contributed by atoms with Gasteiger partial charge in [-0.15, -0.1) is 0 Å². The molecule has 0 radical (unpaired) electrons. The van der Waals surface area contributed by atoms with Gasteiger partial charge in [0, 0.05) is 0 Å². The standard InChI is InChI=1S/C52H101NO5/c1-3-5-7-9-11-13-15-17-18-19-20-21-22-23-24-25-26-27-28-29-30-31-32-33-34-36-38-40-42-44-46-50(56)52(58)53-48(47-54)51(57)49(55)45-43-41-39-37-35-16-14-12-10-8-6-4-2/h20-21,23-24,48-51,54-57H,3-19,22,25-47H2,1-2H3,(H,53,58)/b21-20-,24-23-. The van der Waals surface area contributed by atoms with Crippen molar-refractivity contribution in [3.63, 3.8) is 0 Å². The Morgan fingerprint density at radius 1 is 0.431 bits per heavy atom. The number of hydrogen-bond acceptors (Lipinski definition) is 5. The van der Waals surface area contributed by atoms with E-state index in [0.29, 0.717) is 12.8 Å². The number of nitrogens with one attached hydrogen (secondary N) is 1. The van der Waals surface area contributed by atoms with Gasteiger partial charge in [-0.25, -0.2) is 0 Å². The topological polar surface area (TPSA) is 110 Å². The van der Waals surface area contributed by atoms with E-state index in [1.165, 1.54) is 199 Å². The number of carbonyl (C=O) groups is 1. The van der Waals surface area contributed by atoms with Crippen LogP contribution in [0.5, 0.6) is 0 Å². The molecule has 0 aromatic carbocycles. The minimum atomic E-state index is -1.26. The van der Waals surface area contributed by atoms with Crippen molar-refractivity contribution in [2.45, 2.75) is 295 Å². The first-order valence-electron chi connectivity index (χ1n) is 25.7. The molecular formula is C52H101NO5. The molecule has 4 unspecified atom stereocenters. The molecule has 5 N–H and O–H groups in total. The maximum absolute atomic E-state index is 12.5. The summed E-state index contributed by atoms with van der Waals surface area (Å²) in [5.41, 5.74) is 0. The Hall–Kier alpha value is -1.21. The predicted octanol–water partition coefficient (Wildman–Crippen LogP) is 14.3. The van der Waals surface area contributed by atoms with Crippen LogP contribution in [0.3, 0.4) is 0 Å². The fourth-order valence-electron chi connectivity index (χ4n) is 8.08. The summed E-state index contributed by atoms with van der Waals surface area (Å²) in [5.74, 6) is -0.582. The van der Waals surface area contributed by atoms with Gasteiger partial charge >= 0.3 is 0 Å². The van der Waals surface area contributed by atoms with Crippen molar-refractivity contribution in [2.75, 3.05) is 6.61 Å². The lowest BCUT2D eigenvalue weighted by molar-refractivity contribution is -0.132. The van der Waals surface area contributed by atoms with Crippen LogP contribution in [0.1, 0.15) is 271 Å². The Bertz CT molecular complexity index is 878. The molecule has 58 heavy (non-hydrogen) atoms. The van der Waals surface area contributed by atoms with Gasteiger partial charge in [-0.05, 0) is 44.9 Å². The molecule has 0 aliphatic carbocycles. The van der Waals surface area contributed by atoms with Crippen molar-refractivity contribution in [1.82, 2.24) is 5.32 Å². The van der Waals surface area contributed by atoms with E-state index in [1.807, 2.05) is 0 Å². The summed E-state index contributed by atoms with van der Waals surface area (Å²) in [7, 11) is 0. The molecule has 344 valence electrons. The highest BCUT2D eigenvalue weighted by atomic mass is 16.3. The molecule has 6 heteroatoms. The lowest BCUT2D eigenvalue weighted by atomic mass is 9.99. The summed E-state index contributed by atoms with van der Waals surface area (Å²) in [5, 5.41) is 43.7. The molecule has 0 fully saturated rings. The third kappa shape index (κ3) is 40.2. The van der Waals surface area contributed by atoms with Gasteiger partial charge < -0.3 is 25.7 Å². The molecule has 0 rings (SSSR count). The van der Waals surface area contributed by atoms with Gasteiger partial charge in [-0.1, -0.05) is 250 Å². The second-order valence-electron chi connectivity index (χ2n) is 17.9. The van der Waals surface area contributed by atoms with Crippen LogP contribution in [0.4, 0.5) is 0 Å². The number of hydrogen-bond donors (Lipinski definition) is 5. The van der Waals surface area contributed by atoms with Gasteiger partial charge in [0.15, 0.2) is 0 Å². The van der Waals surface area contributed by atoms with Crippen LogP contribution in [0, 0.1) is 0 Å². The minimum absolute atomic E-state index is 0.370. The average molecular weight is 820 g/mol. The highest BCUT2D eigenvalue weighted by Crippen LogP contribution is 2.17. The maximum Gasteiger partial charge on any atom is 0.249 e. The number of amides is 1.